The normalized spacial score (nSPS) is 24.6. The molecule has 1 unspecified atom stereocenters. The Hall–Kier alpha value is -1.63. The highest BCUT2D eigenvalue weighted by Gasteiger charge is 2.29. The molecule has 0 aromatic heterocycles. The van der Waals surface area contributed by atoms with Crippen LogP contribution in [0.1, 0.15) is 25.8 Å². The molecule has 0 aliphatic heterocycles. The van der Waals surface area contributed by atoms with Crippen LogP contribution >= 0.6 is 0 Å². The molecule has 1 aliphatic rings. The molecule has 0 radical (unpaired) electrons. The SMILES string of the molecule is CC1=CC=C(c2ccccc2)CC1(C)C=O. The molecule has 0 heterocycles. The van der Waals surface area contributed by atoms with Crippen LogP contribution in [0.25, 0.3) is 5.57 Å². The van der Waals surface area contributed by atoms with Gasteiger partial charge in [0.1, 0.15) is 6.29 Å². The van der Waals surface area contributed by atoms with Gasteiger partial charge in [-0.05, 0) is 31.4 Å². The maximum Gasteiger partial charge on any atom is 0.130 e. The molecule has 82 valence electrons. The number of hydrogen-bond donors (Lipinski definition) is 0. The molecular formula is C15H16O. The zero-order chi connectivity index (χ0) is 11.6. The maximum atomic E-state index is 11.2. The van der Waals surface area contributed by atoms with Crippen molar-refractivity contribution in [2.75, 3.05) is 0 Å². The van der Waals surface area contributed by atoms with Crippen LogP contribution in [0.4, 0.5) is 0 Å². The van der Waals surface area contributed by atoms with Crippen LogP contribution < -0.4 is 0 Å². The second kappa shape index (κ2) is 4.09. The van der Waals surface area contributed by atoms with E-state index in [1.807, 2.05) is 32.0 Å². The first-order valence-corrected chi connectivity index (χ1v) is 5.55. The molecule has 16 heavy (non-hydrogen) atoms. The van der Waals surface area contributed by atoms with Crippen LogP contribution in [0.3, 0.4) is 0 Å². The summed E-state index contributed by atoms with van der Waals surface area (Å²) in [4.78, 5) is 11.2. The van der Waals surface area contributed by atoms with Gasteiger partial charge in [0.2, 0.25) is 0 Å². The Kier molecular flexibility index (Phi) is 2.78. The molecule has 0 saturated carbocycles. The minimum absolute atomic E-state index is 0.333. The minimum Gasteiger partial charge on any atom is -0.302 e. The molecule has 1 aromatic rings. The van der Waals surface area contributed by atoms with Gasteiger partial charge in [-0.1, -0.05) is 48.1 Å². The fourth-order valence-electron chi connectivity index (χ4n) is 2.00. The Morgan fingerprint density at radius 1 is 1.19 bits per heavy atom. The molecule has 0 spiro atoms. The topological polar surface area (TPSA) is 17.1 Å². The maximum absolute atomic E-state index is 11.2. The predicted molar refractivity (Wildman–Crippen MR) is 67.0 cm³/mol. The highest BCUT2D eigenvalue weighted by Crippen LogP contribution is 2.38. The van der Waals surface area contributed by atoms with Crippen molar-refractivity contribution in [2.45, 2.75) is 20.3 Å². The van der Waals surface area contributed by atoms with Gasteiger partial charge < -0.3 is 4.79 Å². The lowest BCUT2D eigenvalue weighted by atomic mass is 9.74. The molecule has 0 bridgehead atoms. The summed E-state index contributed by atoms with van der Waals surface area (Å²) in [6.07, 6.45) is 6.04. The van der Waals surface area contributed by atoms with Crippen molar-refractivity contribution in [3.05, 3.63) is 53.6 Å². The summed E-state index contributed by atoms with van der Waals surface area (Å²) in [5, 5.41) is 0. The lowest BCUT2D eigenvalue weighted by Gasteiger charge is -2.28. The fraction of sp³-hybridized carbons (Fsp3) is 0.267. The number of allylic oxidation sites excluding steroid dienone is 4. The molecule has 0 N–H and O–H groups in total. The summed E-state index contributed by atoms with van der Waals surface area (Å²) in [6.45, 7) is 4.02. The van der Waals surface area contributed by atoms with Gasteiger partial charge in [0.05, 0.1) is 0 Å². The fourth-order valence-corrected chi connectivity index (χ4v) is 2.00. The van der Waals surface area contributed by atoms with Crippen molar-refractivity contribution in [1.82, 2.24) is 0 Å². The van der Waals surface area contributed by atoms with Gasteiger partial charge in [0.25, 0.3) is 0 Å². The lowest BCUT2D eigenvalue weighted by Crippen LogP contribution is -2.22. The zero-order valence-electron chi connectivity index (χ0n) is 9.73. The van der Waals surface area contributed by atoms with Crippen molar-refractivity contribution in [3.63, 3.8) is 0 Å². The summed E-state index contributed by atoms with van der Waals surface area (Å²) in [5.41, 5.74) is 3.25. The number of benzene rings is 1. The number of carbonyl (C=O) groups is 1. The molecule has 1 aromatic carbocycles. The van der Waals surface area contributed by atoms with E-state index in [1.54, 1.807) is 0 Å². The van der Waals surface area contributed by atoms with Crippen molar-refractivity contribution < 1.29 is 4.79 Å². The van der Waals surface area contributed by atoms with E-state index in [-0.39, 0.29) is 5.41 Å². The van der Waals surface area contributed by atoms with Crippen LogP contribution in [0.2, 0.25) is 0 Å². The van der Waals surface area contributed by atoms with E-state index >= 15 is 0 Å². The highest BCUT2D eigenvalue weighted by molar-refractivity contribution is 5.77. The summed E-state index contributed by atoms with van der Waals surface area (Å²) in [7, 11) is 0. The van der Waals surface area contributed by atoms with Gasteiger partial charge in [-0.3, -0.25) is 0 Å². The van der Waals surface area contributed by atoms with Crippen molar-refractivity contribution in [3.8, 4) is 0 Å². The van der Waals surface area contributed by atoms with Crippen LogP contribution in [0.15, 0.2) is 48.1 Å². The van der Waals surface area contributed by atoms with Gasteiger partial charge in [0.15, 0.2) is 0 Å². The third kappa shape index (κ3) is 1.85. The van der Waals surface area contributed by atoms with E-state index in [1.165, 1.54) is 11.1 Å². The average Bonchev–Trinajstić information content (AvgIpc) is 2.34. The van der Waals surface area contributed by atoms with E-state index in [0.717, 1.165) is 18.3 Å². The van der Waals surface area contributed by atoms with Gasteiger partial charge in [-0.25, -0.2) is 0 Å². The Morgan fingerprint density at radius 2 is 1.88 bits per heavy atom. The second-order valence-corrected chi connectivity index (χ2v) is 4.62. The molecule has 0 amide bonds. The highest BCUT2D eigenvalue weighted by atomic mass is 16.1. The predicted octanol–water partition coefficient (Wildman–Crippen LogP) is 3.63. The molecule has 1 aliphatic carbocycles. The van der Waals surface area contributed by atoms with Gasteiger partial charge >= 0.3 is 0 Å². The summed E-state index contributed by atoms with van der Waals surface area (Å²) in [5.74, 6) is 0. The molecule has 2 rings (SSSR count). The van der Waals surface area contributed by atoms with Crippen molar-refractivity contribution in [2.24, 2.45) is 5.41 Å². The zero-order valence-corrected chi connectivity index (χ0v) is 9.73. The third-order valence-electron chi connectivity index (χ3n) is 3.40. The van der Waals surface area contributed by atoms with E-state index in [2.05, 4.69) is 24.3 Å². The Bertz CT molecular complexity index is 454. The van der Waals surface area contributed by atoms with Crippen molar-refractivity contribution >= 4 is 11.9 Å². The second-order valence-electron chi connectivity index (χ2n) is 4.62. The van der Waals surface area contributed by atoms with E-state index in [4.69, 9.17) is 0 Å². The largest absolute Gasteiger partial charge is 0.302 e. The number of hydrogen-bond acceptors (Lipinski definition) is 1. The Labute approximate surface area is 96.5 Å². The van der Waals surface area contributed by atoms with Gasteiger partial charge in [-0.15, -0.1) is 0 Å². The number of aldehydes is 1. The summed E-state index contributed by atoms with van der Waals surface area (Å²) in [6, 6.07) is 10.2. The van der Waals surface area contributed by atoms with E-state index < -0.39 is 0 Å². The summed E-state index contributed by atoms with van der Waals surface area (Å²) >= 11 is 0. The first-order valence-electron chi connectivity index (χ1n) is 5.55. The van der Waals surface area contributed by atoms with Gasteiger partial charge in [-0.2, -0.15) is 0 Å². The molecular weight excluding hydrogens is 196 g/mol. The third-order valence-corrected chi connectivity index (χ3v) is 3.40. The number of carbonyl (C=O) groups excluding carboxylic acids is 1. The first kappa shape index (κ1) is 10.9. The summed E-state index contributed by atoms with van der Waals surface area (Å²) < 4.78 is 0. The van der Waals surface area contributed by atoms with E-state index in [9.17, 15) is 4.79 Å². The lowest BCUT2D eigenvalue weighted by molar-refractivity contribution is -0.113. The minimum atomic E-state index is -0.333. The van der Waals surface area contributed by atoms with E-state index in [0.29, 0.717) is 0 Å². The Morgan fingerprint density at radius 3 is 2.50 bits per heavy atom. The molecule has 0 fully saturated rings. The molecule has 1 heteroatoms. The van der Waals surface area contributed by atoms with Crippen LogP contribution in [-0.4, -0.2) is 6.29 Å². The van der Waals surface area contributed by atoms with Gasteiger partial charge in [0, 0.05) is 5.41 Å². The quantitative estimate of drug-likeness (QED) is 0.684. The number of rotatable bonds is 2. The smallest absolute Gasteiger partial charge is 0.130 e. The average molecular weight is 212 g/mol. The van der Waals surface area contributed by atoms with Crippen LogP contribution in [-0.2, 0) is 4.79 Å². The standard InChI is InChI=1S/C15H16O/c1-12-8-9-14(10-15(12,2)11-16)13-6-4-3-5-7-13/h3-9,11H,10H2,1-2H3. The first-order chi connectivity index (χ1) is 7.65. The van der Waals surface area contributed by atoms with Crippen molar-refractivity contribution in [1.29, 1.82) is 0 Å². The monoisotopic (exact) mass is 212 g/mol. The van der Waals surface area contributed by atoms with Crippen LogP contribution in [0, 0.1) is 5.41 Å². The molecule has 0 saturated heterocycles. The molecule has 1 nitrogen and oxygen atoms in total. The Balaban J connectivity index is 2.37. The molecule has 1 atom stereocenters. The van der Waals surface area contributed by atoms with Crippen LogP contribution in [0.5, 0.6) is 0 Å².